The third-order valence-electron chi connectivity index (χ3n) is 4.77. The van der Waals surface area contributed by atoms with E-state index in [1.807, 2.05) is 44.2 Å². The highest BCUT2D eigenvalue weighted by atomic mass is 16.4. The first-order valence-corrected chi connectivity index (χ1v) is 8.49. The molecule has 2 aromatic rings. The van der Waals surface area contributed by atoms with Gasteiger partial charge in [-0.1, -0.05) is 54.6 Å². The van der Waals surface area contributed by atoms with Gasteiger partial charge >= 0.3 is 5.97 Å². The van der Waals surface area contributed by atoms with Crippen LogP contribution in [0.5, 0.6) is 0 Å². The molecule has 1 aliphatic rings. The summed E-state index contributed by atoms with van der Waals surface area (Å²) >= 11 is 0. The zero-order chi connectivity index (χ0) is 18.8. The van der Waals surface area contributed by atoms with Crippen molar-refractivity contribution in [2.75, 3.05) is 0 Å². The molecule has 132 valence electrons. The van der Waals surface area contributed by atoms with Gasteiger partial charge in [0.15, 0.2) is 5.78 Å². The first kappa shape index (κ1) is 17.7. The van der Waals surface area contributed by atoms with E-state index in [1.165, 1.54) is 0 Å². The van der Waals surface area contributed by atoms with E-state index < -0.39 is 11.9 Å². The fraction of sp³-hybridized carbons (Fsp3) is 0.182. The van der Waals surface area contributed by atoms with Gasteiger partial charge in [0.1, 0.15) is 0 Å². The number of carbonyl (C=O) groups is 2. The molecule has 0 aliphatic carbocycles. The Hall–Kier alpha value is -3.14. The summed E-state index contributed by atoms with van der Waals surface area (Å²) in [5.74, 6) is -1.79. The van der Waals surface area contributed by atoms with Gasteiger partial charge in [-0.3, -0.25) is 4.79 Å². The van der Waals surface area contributed by atoms with Crippen LogP contribution in [0.3, 0.4) is 0 Å². The smallest absolute Gasteiger partial charge is 0.334 e. The highest BCUT2D eigenvalue weighted by Gasteiger charge is 2.37. The molecule has 1 unspecified atom stereocenters. The molecule has 0 amide bonds. The summed E-state index contributed by atoms with van der Waals surface area (Å²) in [5.41, 5.74) is 4.29. The maximum atomic E-state index is 13.3. The predicted molar refractivity (Wildman–Crippen MR) is 101 cm³/mol. The Morgan fingerprint density at radius 1 is 0.846 bits per heavy atom. The zero-order valence-corrected chi connectivity index (χ0v) is 15.0. The Bertz CT molecular complexity index is 939. The van der Waals surface area contributed by atoms with E-state index in [0.717, 1.165) is 11.1 Å². The van der Waals surface area contributed by atoms with Crippen molar-refractivity contribution in [3.05, 3.63) is 93.8 Å². The number of dihydropyridines is 1. The van der Waals surface area contributed by atoms with Crippen LogP contribution in [0.1, 0.15) is 41.3 Å². The molecular weight excluding hydrogens is 326 g/mol. The minimum Gasteiger partial charge on any atom is -0.478 e. The maximum Gasteiger partial charge on any atom is 0.334 e. The lowest BCUT2D eigenvalue weighted by molar-refractivity contribution is -0.133. The molecule has 0 fully saturated rings. The molecule has 4 nitrogen and oxygen atoms in total. The van der Waals surface area contributed by atoms with Crippen LogP contribution in [0, 0.1) is 6.92 Å². The van der Waals surface area contributed by atoms with Gasteiger partial charge in [-0.05, 0) is 31.9 Å². The monoisotopic (exact) mass is 347 g/mol. The second-order valence-electron chi connectivity index (χ2n) is 6.49. The number of hydrogen-bond acceptors (Lipinski definition) is 3. The topological polar surface area (TPSA) is 66.4 Å². The fourth-order valence-corrected chi connectivity index (χ4v) is 3.55. The molecule has 26 heavy (non-hydrogen) atoms. The third kappa shape index (κ3) is 3.06. The molecule has 0 saturated carbocycles. The number of aliphatic carboxylic acids is 1. The van der Waals surface area contributed by atoms with Crippen molar-refractivity contribution in [1.82, 2.24) is 5.32 Å². The van der Waals surface area contributed by atoms with Crippen molar-refractivity contribution < 1.29 is 14.7 Å². The number of aryl methyl sites for hydroxylation is 1. The van der Waals surface area contributed by atoms with Crippen LogP contribution in [-0.2, 0) is 4.79 Å². The van der Waals surface area contributed by atoms with E-state index >= 15 is 0 Å². The largest absolute Gasteiger partial charge is 0.478 e. The average Bonchev–Trinajstić information content (AvgIpc) is 2.61. The summed E-state index contributed by atoms with van der Waals surface area (Å²) in [6, 6.07) is 16.6. The minimum atomic E-state index is -1.02. The summed E-state index contributed by atoms with van der Waals surface area (Å²) in [6.07, 6.45) is 0. The number of rotatable bonds is 4. The number of ketones is 1. The molecule has 2 aromatic carbocycles. The van der Waals surface area contributed by atoms with Gasteiger partial charge in [-0.15, -0.1) is 0 Å². The Labute approximate surface area is 152 Å². The Morgan fingerprint density at radius 2 is 1.42 bits per heavy atom. The van der Waals surface area contributed by atoms with E-state index in [1.54, 1.807) is 31.2 Å². The lowest BCUT2D eigenvalue weighted by Gasteiger charge is -2.31. The van der Waals surface area contributed by atoms with Crippen LogP contribution in [0.2, 0.25) is 0 Å². The van der Waals surface area contributed by atoms with Crippen LogP contribution < -0.4 is 5.32 Å². The number of Topliss-reactive ketones (excluding diaryl/α,β-unsaturated/α-hetero) is 1. The molecule has 0 bridgehead atoms. The second kappa shape index (κ2) is 7.00. The maximum absolute atomic E-state index is 13.3. The first-order chi connectivity index (χ1) is 12.4. The van der Waals surface area contributed by atoms with Gasteiger partial charge in [-0.25, -0.2) is 4.79 Å². The minimum absolute atomic E-state index is 0.157. The third-order valence-corrected chi connectivity index (χ3v) is 4.77. The fourth-order valence-electron chi connectivity index (χ4n) is 3.55. The lowest BCUT2D eigenvalue weighted by Crippen LogP contribution is -2.31. The molecule has 2 N–H and O–H groups in total. The molecule has 0 spiro atoms. The van der Waals surface area contributed by atoms with Gasteiger partial charge in [0.05, 0.1) is 5.57 Å². The molecule has 0 radical (unpaired) electrons. The number of nitrogens with one attached hydrogen (secondary N) is 1. The quantitative estimate of drug-likeness (QED) is 0.814. The van der Waals surface area contributed by atoms with Gasteiger partial charge in [0.2, 0.25) is 0 Å². The molecule has 4 heteroatoms. The summed E-state index contributed by atoms with van der Waals surface area (Å²) < 4.78 is 0. The van der Waals surface area contributed by atoms with Crippen LogP contribution in [0.25, 0.3) is 0 Å². The van der Waals surface area contributed by atoms with Crippen molar-refractivity contribution in [3.63, 3.8) is 0 Å². The summed E-state index contributed by atoms with van der Waals surface area (Å²) in [4.78, 5) is 25.3. The summed E-state index contributed by atoms with van der Waals surface area (Å²) in [7, 11) is 0. The first-order valence-electron chi connectivity index (χ1n) is 8.49. The van der Waals surface area contributed by atoms with Crippen molar-refractivity contribution in [1.29, 1.82) is 0 Å². The molecule has 1 atom stereocenters. The Kier molecular flexibility index (Phi) is 4.76. The van der Waals surface area contributed by atoms with Crippen LogP contribution in [-0.4, -0.2) is 16.9 Å². The number of carbonyl (C=O) groups excluding carboxylic acids is 1. The van der Waals surface area contributed by atoms with E-state index in [9.17, 15) is 14.7 Å². The molecule has 0 aromatic heterocycles. The van der Waals surface area contributed by atoms with Crippen LogP contribution >= 0.6 is 0 Å². The SMILES string of the molecule is CC1=C(C(=O)O)C(c2ccccc2C)C(C(=O)c2ccccc2)=C(C)N1. The number of hydrogen-bond donors (Lipinski definition) is 2. The van der Waals surface area contributed by atoms with E-state index in [4.69, 9.17) is 0 Å². The summed E-state index contributed by atoms with van der Waals surface area (Å²) in [6.45, 7) is 5.50. The van der Waals surface area contributed by atoms with Crippen molar-refractivity contribution in [2.45, 2.75) is 26.7 Å². The van der Waals surface area contributed by atoms with Crippen molar-refractivity contribution in [3.8, 4) is 0 Å². The lowest BCUT2D eigenvalue weighted by atomic mass is 9.76. The number of allylic oxidation sites excluding steroid dienone is 3. The van der Waals surface area contributed by atoms with Crippen LogP contribution in [0.15, 0.2) is 77.1 Å². The molecule has 1 aliphatic heterocycles. The zero-order valence-electron chi connectivity index (χ0n) is 15.0. The van der Waals surface area contributed by atoms with E-state index in [2.05, 4.69) is 5.32 Å². The van der Waals surface area contributed by atoms with Crippen LogP contribution in [0.4, 0.5) is 0 Å². The van der Waals surface area contributed by atoms with Crippen molar-refractivity contribution >= 4 is 11.8 Å². The van der Waals surface area contributed by atoms with Gasteiger partial charge in [-0.2, -0.15) is 0 Å². The number of benzene rings is 2. The van der Waals surface area contributed by atoms with Crippen molar-refractivity contribution in [2.24, 2.45) is 0 Å². The molecule has 1 heterocycles. The van der Waals surface area contributed by atoms with Gasteiger partial charge < -0.3 is 10.4 Å². The highest BCUT2D eigenvalue weighted by molar-refractivity contribution is 6.12. The molecule has 3 rings (SSSR count). The predicted octanol–water partition coefficient (Wildman–Crippen LogP) is 4.20. The molecule has 0 saturated heterocycles. The Morgan fingerprint density at radius 3 is 2.04 bits per heavy atom. The summed E-state index contributed by atoms with van der Waals surface area (Å²) in [5, 5.41) is 12.9. The standard InChI is InChI=1S/C22H21NO3/c1-13-9-7-8-12-17(13)20-18(21(24)16-10-5-4-6-11-16)14(2)23-15(3)19(20)22(25)26/h4-12,20,23H,1-3H3,(H,25,26). The van der Waals surface area contributed by atoms with E-state index in [0.29, 0.717) is 22.5 Å². The van der Waals surface area contributed by atoms with Gasteiger partial charge in [0, 0.05) is 28.4 Å². The molecular formula is C22H21NO3. The highest BCUT2D eigenvalue weighted by Crippen LogP contribution is 2.40. The van der Waals surface area contributed by atoms with E-state index in [-0.39, 0.29) is 11.4 Å². The second-order valence-corrected chi connectivity index (χ2v) is 6.49. The number of carboxylic acids is 1. The Balaban J connectivity index is 2.23. The number of carboxylic acid groups (broad SMARTS) is 1. The normalized spacial score (nSPS) is 17.1. The average molecular weight is 347 g/mol. The van der Waals surface area contributed by atoms with Gasteiger partial charge in [0.25, 0.3) is 0 Å².